The van der Waals surface area contributed by atoms with Crippen LogP contribution in [0.25, 0.3) is 62.5 Å². The summed E-state index contributed by atoms with van der Waals surface area (Å²) in [6.07, 6.45) is 4.65. The lowest BCUT2D eigenvalue weighted by atomic mass is 9.96. The number of oxazole rings is 4. The lowest BCUT2D eigenvalue weighted by Crippen LogP contribution is -2.57. The Bertz CT molecular complexity index is 2250. The highest BCUT2D eigenvalue weighted by molar-refractivity contribution is 7.13. The first-order valence-electron chi connectivity index (χ1n) is 16.1. The molecule has 7 rings (SSSR count). The molecule has 1 aliphatic rings. The van der Waals surface area contributed by atoms with Gasteiger partial charge in [-0.15, -0.1) is 11.3 Å². The Morgan fingerprint density at radius 3 is 2.12 bits per heavy atom. The second kappa shape index (κ2) is 14.6. The van der Waals surface area contributed by atoms with Gasteiger partial charge >= 0.3 is 0 Å². The molecule has 52 heavy (non-hydrogen) atoms. The fourth-order valence-corrected chi connectivity index (χ4v) is 6.06. The maximum Gasteiger partial charge on any atom is 0.274 e. The largest absolute Gasteiger partial charge is 0.443 e. The van der Waals surface area contributed by atoms with Crippen molar-refractivity contribution in [3.8, 4) is 56.8 Å². The molecule has 3 N–H and O–H groups in total. The third-order valence-corrected chi connectivity index (χ3v) is 9.20. The van der Waals surface area contributed by atoms with Gasteiger partial charge in [-0.05, 0) is 11.8 Å². The van der Waals surface area contributed by atoms with Crippen molar-refractivity contribution < 1.29 is 32.1 Å². The molecule has 3 unspecified atom stereocenters. The lowest BCUT2D eigenvalue weighted by molar-refractivity contribution is -0.131. The van der Waals surface area contributed by atoms with Crippen LogP contribution in [0.1, 0.15) is 57.9 Å². The SMILES string of the molecule is C.C=C1NC(=O)C(C(C)C)NC(=O)C(C(C)CC)NC(=O)c2nc(oc2-c2ccccc2)-c2coc(n2)-c2csc(n2)-c2coc(n2)-c2coc1n2. The summed E-state index contributed by atoms with van der Waals surface area (Å²) in [6, 6.07) is 6.94. The van der Waals surface area contributed by atoms with E-state index >= 15 is 0 Å². The number of aromatic nitrogens is 5. The molecule has 268 valence electrons. The molecule has 0 radical (unpaired) electrons. The number of benzene rings is 1. The van der Waals surface area contributed by atoms with Crippen LogP contribution in [-0.2, 0) is 9.59 Å². The monoisotopic (exact) mass is 724 g/mol. The Kier molecular flexibility index (Phi) is 10.0. The quantitative estimate of drug-likeness (QED) is 0.179. The van der Waals surface area contributed by atoms with E-state index in [0.29, 0.717) is 28.4 Å². The molecule has 10 bridgehead atoms. The minimum Gasteiger partial charge on any atom is -0.443 e. The maximum absolute atomic E-state index is 14.0. The Morgan fingerprint density at radius 1 is 0.769 bits per heavy atom. The Labute approximate surface area is 302 Å². The van der Waals surface area contributed by atoms with E-state index in [1.165, 1.54) is 30.1 Å². The zero-order valence-corrected chi connectivity index (χ0v) is 28.7. The van der Waals surface area contributed by atoms with Crippen LogP contribution in [0.4, 0.5) is 0 Å². The number of fused-ring (bicyclic) bond motifs is 14. The first-order chi connectivity index (χ1) is 24.6. The highest BCUT2D eigenvalue weighted by Gasteiger charge is 2.34. The normalized spacial score (nSPS) is 17.1. The summed E-state index contributed by atoms with van der Waals surface area (Å²) in [5, 5.41) is 10.6. The van der Waals surface area contributed by atoms with Gasteiger partial charge < -0.3 is 33.6 Å². The van der Waals surface area contributed by atoms with E-state index in [4.69, 9.17) is 17.7 Å². The van der Waals surface area contributed by atoms with E-state index < -0.39 is 29.8 Å². The smallest absolute Gasteiger partial charge is 0.274 e. The third-order valence-electron chi connectivity index (χ3n) is 8.33. The molecular formula is C36H36N8O7S. The zero-order valence-electron chi connectivity index (χ0n) is 27.9. The van der Waals surface area contributed by atoms with Crippen molar-refractivity contribution >= 4 is 34.8 Å². The van der Waals surface area contributed by atoms with Gasteiger partial charge in [0.25, 0.3) is 5.91 Å². The average molecular weight is 725 g/mol. The van der Waals surface area contributed by atoms with Crippen molar-refractivity contribution in [2.75, 3.05) is 0 Å². The number of carbonyl (C=O) groups excluding carboxylic acids is 3. The third kappa shape index (κ3) is 6.92. The van der Waals surface area contributed by atoms with Crippen molar-refractivity contribution in [1.82, 2.24) is 40.9 Å². The lowest BCUT2D eigenvalue weighted by Gasteiger charge is -2.27. The summed E-state index contributed by atoms with van der Waals surface area (Å²) in [5.74, 6) is -1.88. The van der Waals surface area contributed by atoms with Crippen LogP contribution < -0.4 is 16.0 Å². The summed E-state index contributed by atoms with van der Waals surface area (Å²) in [7, 11) is 0. The van der Waals surface area contributed by atoms with Crippen LogP contribution in [0, 0.1) is 11.8 Å². The first kappa shape index (κ1) is 35.7. The summed E-state index contributed by atoms with van der Waals surface area (Å²) in [5.41, 5.74) is 1.92. The first-order valence-corrected chi connectivity index (χ1v) is 17.0. The molecule has 0 fully saturated rings. The minimum absolute atomic E-state index is 0. The molecule has 0 spiro atoms. The van der Waals surface area contributed by atoms with Gasteiger partial charge in [0.2, 0.25) is 35.4 Å². The fraction of sp³-hybridized carbons (Fsp3) is 0.278. The minimum atomic E-state index is -1.04. The van der Waals surface area contributed by atoms with Crippen LogP contribution in [-0.4, -0.2) is 54.7 Å². The second-order valence-corrected chi connectivity index (χ2v) is 13.1. The molecule has 6 heterocycles. The number of hydrogen-bond acceptors (Lipinski definition) is 13. The molecule has 5 aromatic heterocycles. The highest BCUT2D eigenvalue weighted by Crippen LogP contribution is 2.34. The molecule has 0 aliphatic carbocycles. The van der Waals surface area contributed by atoms with Crippen molar-refractivity contribution in [2.24, 2.45) is 11.8 Å². The molecule has 16 heteroatoms. The Balaban J connectivity index is 0.00000464. The molecule has 0 saturated heterocycles. The maximum atomic E-state index is 14.0. The van der Waals surface area contributed by atoms with Gasteiger partial charge in [-0.2, -0.15) is 0 Å². The summed E-state index contributed by atoms with van der Waals surface area (Å²) in [4.78, 5) is 64.0. The Morgan fingerprint density at radius 2 is 1.40 bits per heavy atom. The highest BCUT2D eigenvalue weighted by atomic mass is 32.1. The molecule has 3 atom stereocenters. The topological polar surface area (TPSA) is 204 Å². The van der Waals surface area contributed by atoms with E-state index in [0.717, 1.165) is 0 Å². The summed E-state index contributed by atoms with van der Waals surface area (Å²) in [6.45, 7) is 11.2. The van der Waals surface area contributed by atoms with Gasteiger partial charge in [0, 0.05) is 10.9 Å². The predicted octanol–water partition coefficient (Wildman–Crippen LogP) is 6.45. The van der Waals surface area contributed by atoms with Crippen molar-refractivity contribution in [3.63, 3.8) is 0 Å². The molecular weight excluding hydrogens is 689 g/mol. The van der Waals surface area contributed by atoms with Crippen molar-refractivity contribution in [1.29, 1.82) is 0 Å². The van der Waals surface area contributed by atoms with Gasteiger partial charge in [-0.25, -0.2) is 24.9 Å². The van der Waals surface area contributed by atoms with Gasteiger partial charge in [0.1, 0.15) is 47.3 Å². The van der Waals surface area contributed by atoms with E-state index in [1.54, 1.807) is 43.5 Å². The molecule has 0 saturated carbocycles. The van der Waals surface area contributed by atoms with Crippen molar-refractivity contribution in [3.05, 3.63) is 72.7 Å². The van der Waals surface area contributed by atoms with Crippen LogP contribution in [0.3, 0.4) is 0 Å². The van der Waals surface area contributed by atoms with Gasteiger partial charge in [0.15, 0.2) is 22.8 Å². The van der Waals surface area contributed by atoms with Crippen LogP contribution in [0.5, 0.6) is 0 Å². The fourth-order valence-electron chi connectivity index (χ4n) is 5.32. The molecule has 1 aliphatic heterocycles. The number of hydrogen-bond donors (Lipinski definition) is 3. The van der Waals surface area contributed by atoms with Crippen LogP contribution in [0.15, 0.2) is 78.7 Å². The van der Waals surface area contributed by atoms with E-state index in [-0.39, 0.29) is 71.4 Å². The van der Waals surface area contributed by atoms with E-state index in [9.17, 15) is 14.4 Å². The average Bonchev–Trinajstić information content (AvgIpc) is 3.97. The number of rotatable bonds is 4. The standard InChI is InChI=1S/C35H32N8O7S.CH4/c1-6-17(4)25-29(45)41-24(16(2)3)28(44)36-18(5)31-37-20(12-47-31)32-39-22(14-49-32)35-40-23(15-51-35)33-38-21(13-48-33)34-43-26(30(46)42-25)27(50-34)19-10-8-7-9-11-19;/h7-17,24-25H,5-6H2,1-4H3,(H,36,44)(H,41,45)(H,42,46);1H4. The van der Waals surface area contributed by atoms with E-state index in [2.05, 4.69) is 47.4 Å². The second-order valence-electron chi connectivity index (χ2n) is 12.2. The van der Waals surface area contributed by atoms with Gasteiger partial charge in [-0.1, -0.05) is 78.5 Å². The number of carbonyl (C=O) groups is 3. The van der Waals surface area contributed by atoms with Gasteiger partial charge in [0.05, 0.1) is 5.70 Å². The van der Waals surface area contributed by atoms with Crippen LogP contribution in [0.2, 0.25) is 0 Å². The molecule has 3 amide bonds. The predicted molar refractivity (Wildman–Crippen MR) is 191 cm³/mol. The zero-order chi connectivity index (χ0) is 35.8. The molecule has 1 aromatic carbocycles. The van der Waals surface area contributed by atoms with E-state index in [1.807, 2.05) is 19.9 Å². The van der Waals surface area contributed by atoms with Crippen LogP contribution >= 0.6 is 11.3 Å². The summed E-state index contributed by atoms with van der Waals surface area (Å²) >= 11 is 1.29. The Hall–Kier alpha value is -6.16. The van der Waals surface area contributed by atoms with Crippen molar-refractivity contribution in [2.45, 2.75) is 53.6 Å². The number of nitrogens with one attached hydrogen (secondary N) is 3. The van der Waals surface area contributed by atoms with Gasteiger partial charge in [-0.3, -0.25) is 14.4 Å². The number of nitrogens with zero attached hydrogens (tertiary/aromatic N) is 5. The molecule has 6 aromatic rings. The summed E-state index contributed by atoms with van der Waals surface area (Å²) < 4.78 is 23.1. The number of amides is 3. The molecule has 15 nitrogen and oxygen atoms in total. The number of thiazole rings is 1.